The van der Waals surface area contributed by atoms with Crippen molar-refractivity contribution in [2.45, 2.75) is 6.54 Å². The van der Waals surface area contributed by atoms with Gasteiger partial charge in [-0.15, -0.1) is 0 Å². The number of aromatic nitrogens is 3. The van der Waals surface area contributed by atoms with Gasteiger partial charge in [-0.3, -0.25) is 14.2 Å². The molecule has 3 rings (SSSR count). The standard InChI is InChI=1S/C14H12N4O2/c19-12-4-2-6-18-13(20)7-11(17-14(12)18)9-16-10-3-1-5-15-8-10/h1-8,16,19H,9H2. The molecule has 0 aromatic carbocycles. The third-order valence-electron chi connectivity index (χ3n) is 2.86. The lowest BCUT2D eigenvalue weighted by atomic mass is 10.3. The molecule has 0 amide bonds. The van der Waals surface area contributed by atoms with E-state index < -0.39 is 0 Å². The molecule has 0 aliphatic heterocycles. The van der Waals surface area contributed by atoms with Gasteiger partial charge in [0.05, 0.1) is 17.9 Å². The van der Waals surface area contributed by atoms with Crippen LogP contribution in [0.15, 0.2) is 53.7 Å². The Kier molecular flexibility index (Phi) is 3.04. The number of aromatic hydroxyl groups is 1. The van der Waals surface area contributed by atoms with Crippen LogP contribution in [0.1, 0.15) is 5.69 Å². The van der Waals surface area contributed by atoms with Crippen LogP contribution >= 0.6 is 0 Å². The van der Waals surface area contributed by atoms with Crippen LogP contribution in [-0.2, 0) is 6.54 Å². The predicted molar refractivity (Wildman–Crippen MR) is 74.7 cm³/mol. The number of hydrogen-bond acceptors (Lipinski definition) is 5. The van der Waals surface area contributed by atoms with E-state index in [0.717, 1.165) is 5.69 Å². The minimum atomic E-state index is -0.228. The van der Waals surface area contributed by atoms with Crippen molar-refractivity contribution in [1.82, 2.24) is 14.4 Å². The molecule has 100 valence electrons. The van der Waals surface area contributed by atoms with Crippen LogP contribution in [0, 0.1) is 0 Å². The number of anilines is 1. The Labute approximate surface area is 114 Å². The first-order valence-electron chi connectivity index (χ1n) is 6.08. The summed E-state index contributed by atoms with van der Waals surface area (Å²) < 4.78 is 1.31. The summed E-state index contributed by atoms with van der Waals surface area (Å²) in [5.41, 5.74) is 1.42. The first-order valence-corrected chi connectivity index (χ1v) is 6.08. The zero-order valence-corrected chi connectivity index (χ0v) is 10.5. The lowest BCUT2D eigenvalue weighted by Gasteiger charge is -2.07. The van der Waals surface area contributed by atoms with Gasteiger partial charge in [0.2, 0.25) is 0 Å². The highest BCUT2D eigenvalue weighted by atomic mass is 16.3. The third-order valence-corrected chi connectivity index (χ3v) is 2.86. The van der Waals surface area contributed by atoms with E-state index in [1.54, 1.807) is 24.7 Å². The maximum atomic E-state index is 11.9. The molecule has 6 heteroatoms. The van der Waals surface area contributed by atoms with Gasteiger partial charge in [-0.05, 0) is 24.3 Å². The maximum absolute atomic E-state index is 11.9. The van der Waals surface area contributed by atoms with Crippen molar-refractivity contribution >= 4 is 11.3 Å². The van der Waals surface area contributed by atoms with Crippen LogP contribution in [0.5, 0.6) is 5.75 Å². The van der Waals surface area contributed by atoms with Crippen LogP contribution < -0.4 is 10.9 Å². The van der Waals surface area contributed by atoms with Gasteiger partial charge in [0.1, 0.15) is 0 Å². The lowest BCUT2D eigenvalue weighted by molar-refractivity contribution is 0.476. The Balaban J connectivity index is 1.93. The van der Waals surface area contributed by atoms with Crippen LogP contribution in [0.3, 0.4) is 0 Å². The van der Waals surface area contributed by atoms with E-state index in [0.29, 0.717) is 12.2 Å². The zero-order valence-electron chi connectivity index (χ0n) is 10.5. The SMILES string of the molecule is O=c1cc(CNc2cccnc2)nc2c(O)cccn12. The van der Waals surface area contributed by atoms with E-state index in [2.05, 4.69) is 15.3 Å². The Morgan fingerprint density at radius 3 is 3.00 bits per heavy atom. The fraction of sp³-hybridized carbons (Fsp3) is 0.0714. The fourth-order valence-corrected chi connectivity index (χ4v) is 1.91. The quantitative estimate of drug-likeness (QED) is 0.750. The zero-order chi connectivity index (χ0) is 13.9. The summed E-state index contributed by atoms with van der Waals surface area (Å²) in [6.45, 7) is 0.381. The first-order chi connectivity index (χ1) is 9.74. The average molecular weight is 268 g/mol. The third kappa shape index (κ3) is 2.31. The van der Waals surface area contributed by atoms with Crippen molar-refractivity contribution in [2.75, 3.05) is 5.32 Å². The van der Waals surface area contributed by atoms with Gasteiger partial charge >= 0.3 is 0 Å². The molecule has 3 aromatic rings. The smallest absolute Gasteiger partial charge is 0.258 e. The molecule has 0 fully saturated rings. The van der Waals surface area contributed by atoms with Crippen LogP contribution in [0.2, 0.25) is 0 Å². The highest BCUT2D eigenvalue weighted by Gasteiger charge is 2.05. The molecule has 0 aliphatic carbocycles. The lowest BCUT2D eigenvalue weighted by Crippen LogP contribution is -2.16. The minimum absolute atomic E-state index is 0.0205. The second-order valence-electron chi connectivity index (χ2n) is 4.27. The number of fused-ring (bicyclic) bond motifs is 1. The Morgan fingerprint density at radius 1 is 1.30 bits per heavy atom. The Hall–Kier alpha value is -2.89. The van der Waals surface area contributed by atoms with Crippen molar-refractivity contribution in [3.8, 4) is 5.75 Å². The molecule has 20 heavy (non-hydrogen) atoms. The van der Waals surface area contributed by atoms with Crippen LogP contribution in [-0.4, -0.2) is 19.5 Å². The molecule has 3 aromatic heterocycles. The summed E-state index contributed by atoms with van der Waals surface area (Å²) in [6.07, 6.45) is 4.94. The summed E-state index contributed by atoms with van der Waals surface area (Å²) in [5, 5.41) is 12.9. The molecule has 0 aliphatic rings. The molecule has 0 unspecified atom stereocenters. The molecule has 0 saturated heterocycles. The van der Waals surface area contributed by atoms with E-state index >= 15 is 0 Å². The molecule has 2 N–H and O–H groups in total. The van der Waals surface area contributed by atoms with Crippen molar-refractivity contribution < 1.29 is 5.11 Å². The van der Waals surface area contributed by atoms with Gasteiger partial charge in [0.25, 0.3) is 5.56 Å². The Bertz CT molecular complexity index is 799. The highest BCUT2D eigenvalue weighted by molar-refractivity contribution is 5.52. The Morgan fingerprint density at radius 2 is 2.20 bits per heavy atom. The average Bonchev–Trinajstić information content (AvgIpc) is 2.47. The minimum Gasteiger partial charge on any atom is -0.504 e. The number of hydrogen-bond donors (Lipinski definition) is 2. The second kappa shape index (κ2) is 5.00. The van der Waals surface area contributed by atoms with Crippen LogP contribution in [0.4, 0.5) is 5.69 Å². The number of pyridine rings is 2. The first kappa shape index (κ1) is 12.2. The van der Waals surface area contributed by atoms with Crippen LogP contribution in [0.25, 0.3) is 5.65 Å². The summed E-state index contributed by atoms with van der Waals surface area (Å²) in [6, 6.07) is 8.23. The van der Waals surface area contributed by atoms with Gasteiger partial charge in [-0.2, -0.15) is 0 Å². The normalized spacial score (nSPS) is 10.6. The maximum Gasteiger partial charge on any atom is 0.258 e. The van der Waals surface area contributed by atoms with E-state index in [1.807, 2.05) is 12.1 Å². The van der Waals surface area contributed by atoms with Crippen molar-refractivity contribution in [3.63, 3.8) is 0 Å². The highest BCUT2D eigenvalue weighted by Crippen LogP contribution is 2.14. The number of nitrogens with zero attached hydrogens (tertiary/aromatic N) is 3. The molecule has 0 spiro atoms. The largest absolute Gasteiger partial charge is 0.504 e. The molecule has 0 radical (unpaired) electrons. The summed E-state index contributed by atoms with van der Waals surface area (Å²) in [7, 11) is 0. The molecule has 6 nitrogen and oxygen atoms in total. The number of nitrogens with one attached hydrogen (secondary N) is 1. The summed E-state index contributed by atoms with van der Waals surface area (Å²) >= 11 is 0. The molecular weight excluding hydrogens is 256 g/mol. The van der Waals surface area contributed by atoms with E-state index in [4.69, 9.17) is 0 Å². The van der Waals surface area contributed by atoms with Gasteiger partial charge in [0, 0.05) is 24.7 Å². The van der Waals surface area contributed by atoms with Gasteiger partial charge in [-0.25, -0.2) is 4.98 Å². The van der Waals surface area contributed by atoms with Crippen molar-refractivity contribution in [2.24, 2.45) is 0 Å². The molecule has 0 saturated carbocycles. The number of rotatable bonds is 3. The summed E-state index contributed by atoms with van der Waals surface area (Å²) in [5.74, 6) is -0.0205. The monoisotopic (exact) mass is 268 g/mol. The predicted octanol–water partition coefficient (Wildman–Crippen LogP) is 1.41. The van der Waals surface area contributed by atoms with Gasteiger partial charge in [0.15, 0.2) is 11.4 Å². The molecular formula is C14H12N4O2. The second-order valence-corrected chi connectivity index (χ2v) is 4.27. The topological polar surface area (TPSA) is 79.5 Å². The van der Waals surface area contributed by atoms with E-state index in [-0.39, 0.29) is 17.0 Å². The molecule has 0 atom stereocenters. The molecule has 0 bridgehead atoms. The van der Waals surface area contributed by atoms with Crippen molar-refractivity contribution in [3.05, 3.63) is 65.0 Å². The van der Waals surface area contributed by atoms with E-state index in [1.165, 1.54) is 16.5 Å². The van der Waals surface area contributed by atoms with Gasteiger partial charge < -0.3 is 10.4 Å². The fourth-order valence-electron chi connectivity index (χ4n) is 1.91. The summed E-state index contributed by atoms with van der Waals surface area (Å²) in [4.78, 5) is 20.2. The molecule has 3 heterocycles. The van der Waals surface area contributed by atoms with Crippen molar-refractivity contribution in [1.29, 1.82) is 0 Å². The van der Waals surface area contributed by atoms with E-state index in [9.17, 15) is 9.90 Å². The van der Waals surface area contributed by atoms with Gasteiger partial charge in [-0.1, -0.05) is 0 Å².